The summed E-state index contributed by atoms with van der Waals surface area (Å²) in [6, 6.07) is 4.13. The Morgan fingerprint density at radius 3 is 2.02 bits per heavy atom. The lowest BCUT2D eigenvalue weighted by molar-refractivity contribution is -0.141. The summed E-state index contributed by atoms with van der Waals surface area (Å²) in [5.41, 5.74) is 0.558. The van der Waals surface area contributed by atoms with Gasteiger partial charge in [-0.3, -0.25) is 28.8 Å². The topological polar surface area (TPSA) is 189 Å². The van der Waals surface area contributed by atoms with E-state index in [1.54, 1.807) is 30.3 Å². The van der Waals surface area contributed by atoms with Crippen molar-refractivity contribution in [2.75, 3.05) is 13.2 Å². The SMILES string of the molecule is C=CCC(NC(=O)[C@H](CC=C)NC(=O)[C@@H](NC(=O)OCC(C)C)C1CCCCC1)C(=O)C(=O)NCC(=O)N[C@H](C(C)=O)c1ccccc1. The number of carbonyl (C=O) groups is 7. The Morgan fingerprint density at radius 2 is 1.44 bits per heavy atom. The number of benzene rings is 1. The zero-order valence-electron chi connectivity index (χ0n) is 28.0. The number of alkyl carbamates (subject to hydrolysis) is 1. The van der Waals surface area contributed by atoms with E-state index in [9.17, 15) is 33.6 Å². The Labute approximate surface area is 282 Å². The summed E-state index contributed by atoms with van der Waals surface area (Å²) in [4.78, 5) is 89.8. The normalized spacial score (nSPS) is 15.4. The van der Waals surface area contributed by atoms with E-state index >= 15 is 0 Å². The minimum atomic E-state index is -1.35. The van der Waals surface area contributed by atoms with Gasteiger partial charge in [-0.2, -0.15) is 0 Å². The third-order valence-electron chi connectivity index (χ3n) is 7.77. The molecule has 13 nitrogen and oxygen atoms in total. The predicted molar refractivity (Wildman–Crippen MR) is 179 cm³/mol. The Morgan fingerprint density at radius 1 is 0.833 bits per heavy atom. The molecule has 0 aromatic heterocycles. The van der Waals surface area contributed by atoms with Gasteiger partial charge in [-0.05, 0) is 50.0 Å². The molecule has 13 heteroatoms. The van der Waals surface area contributed by atoms with Gasteiger partial charge in [-0.15, -0.1) is 13.2 Å². The molecule has 5 N–H and O–H groups in total. The van der Waals surface area contributed by atoms with Crippen LogP contribution in [-0.4, -0.2) is 72.6 Å². The molecule has 1 aliphatic rings. The van der Waals surface area contributed by atoms with Crippen molar-refractivity contribution >= 4 is 41.3 Å². The van der Waals surface area contributed by atoms with Gasteiger partial charge in [0, 0.05) is 0 Å². The number of amides is 5. The molecular weight excluding hydrogens is 618 g/mol. The first-order valence-corrected chi connectivity index (χ1v) is 16.3. The summed E-state index contributed by atoms with van der Waals surface area (Å²) in [6.45, 7) is 11.9. The van der Waals surface area contributed by atoms with Crippen LogP contribution in [0.15, 0.2) is 55.6 Å². The van der Waals surface area contributed by atoms with Gasteiger partial charge in [-0.25, -0.2) is 4.79 Å². The Bertz CT molecular complexity index is 1310. The number of hydrogen-bond donors (Lipinski definition) is 5. The molecule has 0 radical (unpaired) electrons. The molecule has 4 atom stereocenters. The monoisotopic (exact) mass is 667 g/mol. The molecule has 1 aliphatic carbocycles. The summed E-state index contributed by atoms with van der Waals surface area (Å²) in [7, 11) is 0. The highest BCUT2D eigenvalue weighted by Gasteiger charge is 2.35. The molecule has 0 spiro atoms. The largest absolute Gasteiger partial charge is 0.449 e. The van der Waals surface area contributed by atoms with E-state index in [-0.39, 0.29) is 37.1 Å². The third-order valence-corrected chi connectivity index (χ3v) is 7.77. The van der Waals surface area contributed by atoms with E-state index in [1.807, 2.05) is 13.8 Å². The van der Waals surface area contributed by atoms with Crippen LogP contribution in [0.2, 0.25) is 0 Å². The van der Waals surface area contributed by atoms with Gasteiger partial charge in [0.05, 0.1) is 13.2 Å². The van der Waals surface area contributed by atoms with E-state index in [2.05, 4.69) is 39.7 Å². The summed E-state index contributed by atoms with van der Waals surface area (Å²) in [5, 5.41) is 12.6. The van der Waals surface area contributed by atoms with Crippen LogP contribution in [-0.2, 0) is 33.5 Å². The minimum Gasteiger partial charge on any atom is -0.449 e. The van der Waals surface area contributed by atoms with Crippen LogP contribution >= 0.6 is 0 Å². The van der Waals surface area contributed by atoms with Crippen LogP contribution in [0.25, 0.3) is 0 Å². The lowest BCUT2D eigenvalue weighted by Gasteiger charge is -2.31. The number of ether oxygens (including phenoxy) is 1. The maximum Gasteiger partial charge on any atom is 0.407 e. The summed E-state index contributed by atoms with van der Waals surface area (Å²) in [6.07, 6.45) is 6.15. The standard InChI is InChI=1S/C35H49N5O8/c1-6-14-26(31(43)34(46)36-20-28(42)39-29(23(5)41)24-16-10-8-11-17-24)37-32(44)27(15-7-2)38-33(45)30(25-18-12-9-13-19-25)40-35(47)48-21-22(3)4/h6-8,10-11,16-17,22,25-27,29-30H,1-2,9,12-15,18-21H2,3-5H3,(H,36,46)(H,37,44)(H,38,45)(H,39,42)(H,40,47)/t26?,27-,29+,30-/m0/s1. The Kier molecular flexibility index (Phi) is 16.8. The van der Waals surface area contributed by atoms with Crippen molar-refractivity contribution in [3.05, 3.63) is 61.2 Å². The van der Waals surface area contributed by atoms with Crippen LogP contribution in [0.1, 0.15) is 77.3 Å². The van der Waals surface area contributed by atoms with Crippen LogP contribution in [0.5, 0.6) is 0 Å². The van der Waals surface area contributed by atoms with Crippen molar-refractivity contribution in [3.8, 4) is 0 Å². The van der Waals surface area contributed by atoms with E-state index in [1.165, 1.54) is 19.1 Å². The van der Waals surface area contributed by atoms with Gasteiger partial charge < -0.3 is 31.3 Å². The van der Waals surface area contributed by atoms with Gasteiger partial charge in [0.15, 0.2) is 5.78 Å². The van der Waals surface area contributed by atoms with Crippen LogP contribution in [0.4, 0.5) is 4.79 Å². The van der Waals surface area contributed by atoms with E-state index in [0.717, 1.165) is 19.3 Å². The fourth-order valence-corrected chi connectivity index (χ4v) is 5.29. The van der Waals surface area contributed by atoms with E-state index in [0.29, 0.717) is 18.4 Å². The molecule has 0 saturated heterocycles. The van der Waals surface area contributed by atoms with Gasteiger partial charge in [0.1, 0.15) is 24.2 Å². The quantitative estimate of drug-likeness (QED) is 0.110. The minimum absolute atomic E-state index is 0.00709. The molecule has 1 fully saturated rings. The van der Waals surface area contributed by atoms with Crippen molar-refractivity contribution in [2.45, 2.75) is 89.9 Å². The van der Waals surface area contributed by atoms with Gasteiger partial charge >= 0.3 is 6.09 Å². The lowest BCUT2D eigenvalue weighted by Crippen LogP contribution is -2.58. The first-order valence-electron chi connectivity index (χ1n) is 16.3. The Hall–Kier alpha value is -4.81. The van der Waals surface area contributed by atoms with E-state index in [4.69, 9.17) is 4.74 Å². The van der Waals surface area contributed by atoms with Crippen molar-refractivity contribution in [1.82, 2.24) is 26.6 Å². The first kappa shape index (κ1) is 39.4. The highest BCUT2D eigenvalue weighted by Crippen LogP contribution is 2.27. The highest BCUT2D eigenvalue weighted by molar-refractivity contribution is 6.38. The summed E-state index contributed by atoms with van der Waals surface area (Å²) in [5.74, 6) is -4.60. The second kappa shape index (κ2) is 20.4. The van der Waals surface area contributed by atoms with E-state index < -0.39 is 66.2 Å². The van der Waals surface area contributed by atoms with Crippen molar-refractivity contribution < 1.29 is 38.3 Å². The predicted octanol–water partition coefficient (Wildman–Crippen LogP) is 2.57. The fourth-order valence-electron chi connectivity index (χ4n) is 5.29. The number of carbonyl (C=O) groups excluding carboxylic acids is 7. The third kappa shape index (κ3) is 13.1. The molecule has 48 heavy (non-hydrogen) atoms. The molecule has 1 unspecified atom stereocenters. The molecule has 5 amide bonds. The smallest absolute Gasteiger partial charge is 0.407 e. The average molecular weight is 668 g/mol. The maximum absolute atomic E-state index is 13.5. The highest BCUT2D eigenvalue weighted by atomic mass is 16.5. The molecule has 1 aromatic carbocycles. The van der Waals surface area contributed by atoms with Gasteiger partial charge in [0.25, 0.3) is 5.91 Å². The lowest BCUT2D eigenvalue weighted by atomic mass is 9.83. The zero-order chi connectivity index (χ0) is 35.6. The van der Waals surface area contributed by atoms with Crippen LogP contribution in [0.3, 0.4) is 0 Å². The number of hydrogen-bond acceptors (Lipinski definition) is 8. The molecule has 1 saturated carbocycles. The molecule has 262 valence electrons. The van der Waals surface area contributed by atoms with Crippen molar-refractivity contribution in [3.63, 3.8) is 0 Å². The summed E-state index contributed by atoms with van der Waals surface area (Å²) >= 11 is 0. The van der Waals surface area contributed by atoms with Gasteiger partial charge in [0.2, 0.25) is 23.5 Å². The fraction of sp³-hybridized carbons (Fsp3) is 0.514. The second-order valence-electron chi connectivity index (χ2n) is 12.3. The van der Waals surface area contributed by atoms with Gasteiger partial charge in [-0.1, -0.05) is 75.6 Å². The van der Waals surface area contributed by atoms with Crippen LogP contribution in [0, 0.1) is 11.8 Å². The zero-order valence-corrected chi connectivity index (χ0v) is 28.0. The molecule has 0 aliphatic heterocycles. The number of ketones is 2. The summed E-state index contributed by atoms with van der Waals surface area (Å²) < 4.78 is 5.24. The Balaban J connectivity index is 2.07. The molecule has 0 heterocycles. The molecule has 1 aromatic rings. The van der Waals surface area contributed by atoms with Crippen LogP contribution < -0.4 is 26.6 Å². The van der Waals surface area contributed by atoms with Crippen molar-refractivity contribution in [1.29, 1.82) is 0 Å². The average Bonchev–Trinajstić information content (AvgIpc) is 3.07. The molecular formula is C35H49N5O8. The number of Topliss-reactive ketones (excluding diaryl/α,β-unsaturated/α-hetero) is 2. The number of rotatable bonds is 19. The number of nitrogens with one attached hydrogen (secondary N) is 5. The maximum atomic E-state index is 13.5. The molecule has 2 rings (SSSR count). The van der Waals surface area contributed by atoms with Crippen molar-refractivity contribution in [2.24, 2.45) is 11.8 Å². The second-order valence-corrected chi connectivity index (χ2v) is 12.3. The molecule has 0 bridgehead atoms. The first-order chi connectivity index (χ1) is 22.9.